The van der Waals surface area contributed by atoms with Crippen LogP contribution in [0.5, 0.6) is 0 Å². The standard InChI is InChI=1S/C16H17N3O3/c1-3-11-8-12(16(20)21-2)9-13-15(11)18-14(10-17-13)19-4-6-22-7-5-19/h3,8-10H,1,4-7H2,2H3. The maximum absolute atomic E-state index is 11.7. The molecule has 1 aliphatic rings. The summed E-state index contributed by atoms with van der Waals surface area (Å²) in [5.41, 5.74) is 2.58. The third-order valence-electron chi connectivity index (χ3n) is 3.64. The van der Waals surface area contributed by atoms with Crippen molar-refractivity contribution in [2.24, 2.45) is 0 Å². The minimum atomic E-state index is -0.399. The number of anilines is 1. The van der Waals surface area contributed by atoms with Crippen molar-refractivity contribution in [3.63, 3.8) is 0 Å². The molecule has 0 N–H and O–H groups in total. The molecule has 6 nitrogen and oxygen atoms in total. The fourth-order valence-electron chi connectivity index (χ4n) is 2.47. The SMILES string of the molecule is C=Cc1cc(C(=O)OC)cc2ncc(N3CCOCC3)nc12. The van der Waals surface area contributed by atoms with Crippen LogP contribution < -0.4 is 4.90 Å². The predicted octanol–water partition coefficient (Wildman–Crippen LogP) is 1.90. The zero-order chi connectivity index (χ0) is 15.5. The van der Waals surface area contributed by atoms with E-state index in [1.165, 1.54) is 7.11 Å². The number of aromatic nitrogens is 2. The summed E-state index contributed by atoms with van der Waals surface area (Å²) < 4.78 is 10.1. The number of rotatable bonds is 3. The highest BCUT2D eigenvalue weighted by atomic mass is 16.5. The summed E-state index contributed by atoms with van der Waals surface area (Å²) in [5.74, 6) is 0.411. The molecular weight excluding hydrogens is 282 g/mol. The van der Waals surface area contributed by atoms with E-state index in [4.69, 9.17) is 9.47 Å². The Morgan fingerprint density at radius 1 is 1.41 bits per heavy atom. The van der Waals surface area contributed by atoms with Gasteiger partial charge < -0.3 is 14.4 Å². The molecule has 1 aliphatic heterocycles. The smallest absolute Gasteiger partial charge is 0.337 e. The van der Waals surface area contributed by atoms with Crippen molar-refractivity contribution in [3.05, 3.63) is 36.0 Å². The molecule has 0 spiro atoms. The number of hydrogen-bond donors (Lipinski definition) is 0. The molecule has 0 amide bonds. The molecule has 0 saturated carbocycles. The number of esters is 1. The van der Waals surface area contributed by atoms with Gasteiger partial charge in [-0.25, -0.2) is 9.78 Å². The summed E-state index contributed by atoms with van der Waals surface area (Å²) in [7, 11) is 1.35. The van der Waals surface area contributed by atoms with Gasteiger partial charge in [-0.1, -0.05) is 12.7 Å². The van der Waals surface area contributed by atoms with Crippen LogP contribution in [0.4, 0.5) is 5.82 Å². The number of hydrogen-bond acceptors (Lipinski definition) is 6. The summed E-state index contributed by atoms with van der Waals surface area (Å²) in [6.45, 7) is 6.77. The summed E-state index contributed by atoms with van der Waals surface area (Å²) in [5, 5.41) is 0. The van der Waals surface area contributed by atoms with Crippen LogP contribution in [0.25, 0.3) is 17.1 Å². The van der Waals surface area contributed by atoms with Crippen LogP contribution in [0, 0.1) is 0 Å². The molecule has 6 heteroatoms. The van der Waals surface area contributed by atoms with E-state index in [2.05, 4.69) is 21.4 Å². The van der Waals surface area contributed by atoms with Gasteiger partial charge in [0, 0.05) is 18.7 Å². The van der Waals surface area contributed by atoms with Crippen molar-refractivity contribution < 1.29 is 14.3 Å². The van der Waals surface area contributed by atoms with Crippen molar-refractivity contribution in [1.29, 1.82) is 0 Å². The molecule has 0 bridgehead atoms. The monoisotopic (exact) mass is 299 g/mol. The minimum Gasteiger partial charge on any atom is -0.465 e. The van der Waals surface area contributed by atoms with Crippen molar-refractivity contribution >= 4 is 28.9 Å². The van der Waals surface area contributed by atoms with E-state index in [0.717, 1.165) is 30.0 Å². The van der Waals surface area contributed by atoms with Gasteiger partial charge in [0.25, 0.3) is 0 Å². The second-order valence-electron chi connectivity index (χ2n) is 4.96. The van der Waals surface area contributed by atoms with E-state index in [1.807, 2.05) is 0 Å². The molecule has 2 heterocycles. The Bertz CT molecular complexity index is 724. The highest BCUT2D eigenvalue weighted by Crippen LogP contribution is 2.23. The zero-order valence-electron chi connectivity index (χ0n) is 12.4. The van der Waals surface area contributed by atoms with Gasteiger partial charge in [0.1, 0.15) is 5.82 Å². The molecule has 114 valence electrons. The highest BCUT2D eigenvalue weighted by molar-refractivity contribution is 5.96. The second-order valence-corrected chi connectivity index (χ2v) is 4.96. The van der Waals surface area contributed by atoms with E-state index in [-0.39, 0.29) is 0 Å². The van der Waals surface area contributed by atoms with Crippen LogP contribution in [-0.2, 0) is 9.47 Å². The van der Waals surface area contributed by atoms with Crippen molar-refractivity contribution in [3.8, 4) is 0 Å². The van der Waals surface area contributed by atoms with Crippen LogP contribution in [0.15, 0.2) is 24.9 Å². The van der Waals surface area contributed by atoms with Crippen molar-refractivity contribution in [2.45, 2.75) is 0 Å². The Kier molecular flexibility index (Phi) is 4.02. The van der Waals surface area contributed by atoms with Crippen LogP contribution in [0.2, 0.25) is 0 Å². The second kappa shape index (κ2) is 6.11. The number of benzene rings is 1. The first-order valence-corrected chi connectivity index (χ1v) is 7.07. The van der Waals surface area contributed by atoms with Gasteiger partial charge in [-0.05, 0) is 12.1 Å². The van der Waals surface area contributed by atoms with Gasteiger partial charge in [-0.15, -0.1) is 0 Å². The van der Waals surface area contributed by atoms with Gasteiger partial charge in [0.15, 0.2) is 0 Å². The third kappa shape index (κ3) is 2.65. The van der Waals surface area contributed by atoms with E-state index in [9.17, 15) is 4.79 Å². The average Bonchev–Trinajstić information content (AvgIpc) is 2.60. The van der Waals surface area contributed by atoms with Gasteiger partial charge in [-0.2, -0.15) is 0 Å². The van der Waals surface area contributed by atoms with Crippen LogP contribution in [0.1, 0.15) is 15.9 Å². The Morgan fingerprint density at radius 3 is 2.86 bits per heavy atom. The number of nitrogens with zero attached hydrogens (tertiary/aromatic N) is 3. The number of carbonyl (C=O) groups excluding carboxylic acids is 1. The largest absolute Gasteiger partial charge is 0.465 e. The van der Waals surface area contributed by atoms with Crippen LogP contribution >= 0.6 is 0 Å². The molecule has 0 radical (unpaired) electrons. The van der Waals surface area contributed by atoms with Crippen LogP contribution in [-0.4, -0.2) is 49.4 Å². The summed E-state index contributed by atoms with van der Waals surface area (Å²) in [6, 6.07) is 3.41. The lowest BCUT2D eigenvalue weighted by Crippen LogP contribution is -2.36. The Morgan fingerprint density at radius 2 is 2.18 bits per heavy atom. The molecule has 1 aromatic carbocycles. The zero-order valence-corrected chi connectivity index (χ0v) is 12.4. The van der Waals surface area contributed by atoms with E-state index >= 15 is 0 Å². The van der Waals surface area contributed by atoms with Gasteiger partial charge in [0.2, 0.25) is 0 Å². The Hall–Kier alpha value is -2.47. The first-order valence-electron chi connectivity index (χ1n) is 7.07. The Balaban J connectivity index is 2.07. The Labute approximate surface area is 128 Å². The van der Waals surface area contributed by atoms with Crippen molar-refractivity contribution in [2.75, 3.05) is 38.3 Å². The fourth-order valence-corrected chi connectivity index (χ4v) is 2.47. The van der Waals surface area contributed by atoms with Gasteiger partial charge in [-0.3, -0.25) is 4.98 Å². The van der Waals surface area contributed by atoms with Gasteiger partial charge in [0.05, 0.1) is 43.1 Å². The summed E-state index contributed by atoms with van der Waals surface area (Å²) in [4.78, 5) is 23.0. The number of fused-ring (bicyclic) bond motifs is 1. The number of morpholine rings is 1. The van der Waals surface area contributed by atoms with E-state index in [1.54, 1.807) is 24.4 Å². The average molecular weight is 299 g/mol. The minimum absolute atomic E-state index is 0.399. The lowest BCUT2D eigenvalue weighted by Gasteiger charge is -2.27. The number of ether oxygens (including phenoxy) is 2. The topological polar surface area (TPSA) is 64.5 Å². The molecule has 0 aliphatic carbocycles. The molecule has 3 rings (SSSR count). The van der Waals surface area contributed by atoms with Crippen molar-refractivity contribution in [1.82, 2.24) is 9.97 Å². The molecule has 2 aromatic rings. The first kappa shape index (κ1) is 14.5. The van der Waals surface area contributed by atoms with E-state index < -0.39 is 5.97 Å². The summed E-state index contributed by atoms with van der Waals surface area (Å²) >= 11 is 0. The number of methoxy groups -OCH3 is 1. The third-order valence-corrected chi connectivity index (χ3v) is 3.64. The molecule has 1 saturated heterocycles. The normalized spacial score (nSPS) is 14.9. The molecular formula is C16H17N3O3. The first-order chi connectivity index (χ1) is 10.7. The number of carbonyl (C=O) groups is 1. The predicted molar refractivity (Wildman–Crippen MR) is 84.0 cm³/mol. The maximum atomic E-state index is 11.7. The lowest BCUT2D eigenvalue weighted by molar-refractivity contribution is 0.0601. The molecule has 1 aromatic heterocycles. The molecule has 1 fully saturated rings. The molecule has 0 atom stereocenters. The maximum Gasteiger partial charge on any atom is 0.337 e. The molecule has 22 heavy (non-hydrogen) atoms. The quantitative estimate of drug-likeness (QED) is 0.807. The van der Waals surface area contributed by atoms with E-state index in [0.29, 0.717) is 24.3 Å². The van der Waals surface area contributed by atoms with Crippen LogP contribution in [0.3, 0.4) is 0 Å². The molecule has 0 unspecified atom stereocenters. The highest BCUT2D eigenvalue weighted by Gasteiger charge is 2.16. The summed E-state index contributed by atoms with van der Waals surface area (Å²) in [6.07, 6.45) is 3.40. The fraction of sp³-hybridized carbons (Fsp3) is 0.312. The lowest BCUT2D eigenvalue weighted by atomic mass is 10.1. The van der Waals surface area contributed by atoms with Gasteiger partial charge >= 0.3 is 5.97 Å².